The number of unbranched alkanes of at least 4 members (excludes halogenated alkanes) is 1. The molecule has 0 aliphatic carbocycles. The number of hydrogen-bond acceptors (Lipinski definition) is 3. The molecule has 0 aliphatic heterocycles. The van der Waals surface area contributed by atoms with Gasteiger partial charge in [0.05, 0.1) is 5.56 Å². The first-order chi connectivity index (χ1) is 9.29. The minimum absolute atomic E-state index is 0.0148. The van der Waals surface area contributed by atoms with Crippen molar-refractivity contribution in [1.82, 2.24) is 4.72 Å². The van der Waals surface area contributed by atoms with Gasteiger partial charge in [0.15, 0.2) is 5.82 Å². The molecular weight excluding hydrogens is 309 g/mol. The van der Waals surface area contributed by atoms with E-state index < -0.39 is 32.3 Å². The molecule has 0 atom stereocenters. The SMILES string of the molecule is C#CCCCNS(=O)(=O)c1cc(Cl)cc(C(=O)O)c1F. The van der Waals surface area contributed by atoms with Crippen LogP contribution in [0, 0.1) is 18.2 Å². The maximum Gasteiger partial charge on any atom is 0.338 e. The van der Waals surface area contributed by atoms with Crippen molar-refractivity contribution in [3.05, 3.63) is 28.5 Å². The normalized spacial score (nSPS) is 11.1. The van der Waals surface area contributed by atoms with Crippen LogP contribution in [0.15, 0.2) is 17.0 Å². The molecule has 0 spiro atoms. The predicted octanol–water partition coefficient (Wildman–Crippen LogP) is 1.87. The molecule has 0 amide bonds. The monoisotopic (exact) mass is 319 g/mol. The van der Waals surface area contributed by atoms with Gasteiger partial charge in [-0.3, -0.25) is 0 Å². The number of carbonyl (C=O) groups is 1. The van der Waals surface area contributed by atoms with Crippen LogP contribution in [0.25, 0.3) is 0 Å². The first-order valence-electron chi connectivity index (χ1n) is 5.45. The highest BCUT2D eigenvalue weighted by atomic mass is 35.5. The molecule has 5 nitrogen and oxygen atoms in total. The summed E-state index contributed by atoms with van der Waals surface area (Å²) in [5.41, 5.74) is -0.804. The van der Waals surface area contributed by atoms with E-state index in [2.05, 4.69) is 10.6 Å². The van der Waals surface area contributed by atoms with Crippen molar-refractivity contribution in [2.45, 2.75) is 17.7 Å². The van der Waals surface area contributed by atoms with Gasteiger partial charge in [0.2, 0.25) is 10.0 Å². The summed E-state index contributed by atoms with van der Waals surface area (Å²) in [5, 5.41) is 8.60. The lowest BCUT2D eigenvalue weighted by molar-refractivity contribution is 0.0691. The molecule has 0 heterocycles. The molecule has 2 N–H and O–H groups in total. The average Bonchev–Trinajstić information content (AvgIpc) is 2.36. The molecule has 8 heteroatoms. The number of carboxylic acids is 1. The molecule has 0 saturated carbocycles. The van der Waals surface area contributed by atoms with Crippen LogP contribution in [0.3, 0.4) is 0 Å². The maximum atomic E-state index is 13.9. The second-order valence-corrected chi connectivity index (χ2v) is 5.95. The number of sulfonamides is 1. The molecule has 0 bridgehead atoms. The summed E-state index contributed by atoms with van der Waals surface area (Å²) in [4.78, 5) is 10.0. The Balaban J connectivity index is 3.12. The van der Waals surface area contributed by atoms with Crippen LogP contribution in [0.2, 0.25) is 5.02 Å². The zero-order valence-corrected chi connectivity index (χ0v) is 11.8. The molecular formula is C12H11ClFNO4S. The minimum atomic E-state index is -4.19. The van der Waals surface area contributed by atoms with Gasteiger partial charge in [-0.15, -0.1) is 12.3 Å². The highest BCUT2D eigenvalue weighted by Gasteiger charge is 2.24. The highest BCUT2D eigenvalue weighted by molar-refractivity contribution is 7.89. The van der Waals surface area contributed by atoms with Crippen molar-refractivity contribution in [1.29, 1.82) is 0 Å². The summed E-state index contributed by atoms with van der Waals surface area (Å²) in [6.45, 7) is 0.0148. The Morgan fingerprint density at radius 2 is 2.15 bits per heavy atom. The van der Waals surface area contributed by atoms with Gasteiger partial charge >= 0.3 is 5.97 Å². The van der Waals surface area contributed by atoms with E-state index in [0.29, 0.717) is 12.8 Å². The van der Waals surface area contributed by atoms with Crippen LogP contribution >= 0.6 is 11.6 Å². The third-order valence-electron chi connectivity index (χ3n) is 2.31. The fraction of sp³-hybridized carbons (Fsp3) is 0.250. The van der Waals surface area contributed by atoms with Gasteiger partial charge in [0.1, 0.15) is 4.90 Å². The van der Waals surface area contributed by atoms with E-state index in [0.717, 1.165) is 12.1 Å². The van der Waals surface area contributed by atoms with Crippen molar-refractivity contribution in [3.63, 3.8) is 0 Å². The lowest BCUT2D eigenvalue weighted by Crippen LogP contribution is -2.26. The summed E-state index contributed by atoms with van der Waals surface area (Å²) in [5.74, 6) is -0.628. The van der Waals surface area contributed by atoms with Gasteiger partial charge in [-0.2, -0.15) is 0 Å². The molecule has 1 aromatic rings. The van der Waals surface area contributed by atoms with Crippen molar-refractivity contribution in [2.24, 2.45) is 0 Å². The van der Waals surface area contributed by atoms with E-state index in [4.69, 9.17) is 23.1 Å². The van der Waals surface area contributed by atoms with E-state index in [1.54, 1.807) is 0 Å². The molecule has 0 saturated heterocycles. The summed E-state index contributed by atoms with van der Waals surface area (Å²) in [6, 6.07) is 1.70. The zero-order chi connectivity index (χ0) is 15.3. The molecule has 0 aliphatic rings. The molecule has 20 heavy (non-hydrogen) atoms. The number of aromatic carboxylic acids is 1. The maximum absolute atomic E-state index is 13.9. The van der Waals surface area contributed by atoms with Crippen molar-refractivity contribution >= 4 is 27.6 Å². The topological polar surface area (TPSA) is 83.5 Å². The average molecular weight is 320 g/mol. The number of benzene rings is 1. The summed E-state index contributed by atoms with van der Waals surface area (Å²) in [7, 11) is -4.19. The largest absolute Gasteiger partial charge is 0.478 e. The number of carboxylic acid groups (broad SMARTS) is 1. The van der Waals surface area contributed by atoms with Gasteiger partial charge in [0, 0.05) is 18.0 Å². The van der Waals surface area contributed by atoms with Crippen molar-refractivity contribution < 1.29 is 22.7 Å². The Bertz CT molecular complexity index is 667. The predicted molar refractivity (Wildman–Crippen MR) is 71.6 cm³/mol. The molecule has 108 valence electrons. The first kappa shape index (κ1) is 16.4. The quantitative estimate of drug-likeness (QED) is 0.619. The van der Waals surface area contributed by atoms with Crippen LogP contribution in [0.1, 0.15) is 23.2 Å². The summed E-state index contributed by atoms with van der Waals surface area (Å²) in [6.07, 6.45) is 5.76. The smallest absolute Gasteiger partial charge is 0.338 e. The Hall–Kier alpha value is -1.62. The standard InChI is InChI=1S/C12H11ClFNO4S/c1-2-3-4-5-15-20(18,19)10-7-8(13)6-9(11(10)14)12(16)17/h1,6-7,15H,3-5H2,(H,16,17). The van der Waals surface area contributed by atoms with Gasteiger partial charge in [-0.05, 0) is 18.6 Å². The Morgan fingerprint density at radius 3 is 2.70 bits per heavy atom. The molecule has 0 unspecified atom stereocenters. The molecule has 1 rings (SSSR count). The zero-order valence-electron chi connectivity index (χ0n) is 10.2. The van der Waals surface area contributed by atoms with E-state index in [9.17, 15) is 17.6 Å². The van der Waals surface area contributed by atoms with Gasteiger partial charge in [-0.25, -0.2) is 22.3 Å². The van der Waals surface area contributed by atoms with Gasteiger partial charge in [0.25, 0.3) is 0 Å². The van der Waals surface area contributed by atoms with Crippen LogP contribution in [0.4, 0.5) is 4.39 Å². The Morgan fingerprint density at radius 1 is 1.50 bits per heavy atom. The van der Waals surface area contributed by atoms with Crippen LogP contribution in [-0.2, 0) is 10.0 Å². The number of nitrogens with one attached hydrogen (secondary N) is 1. The fourth-order valence-electron chi connectivity index (χ4n) is 1.39. The van der Waals surface area contributed by atoms with Crippen LogP contribution in [-0.4, -0.2) is 26.0 Å². The number of terminal acetylenes is 1. The van der Waals surface area contributed by atoms with Crippen molar-refractivity contribution in [3.8, 4) is 12.3 Å². The van der Waals surface area contributed by atoms with E-state index in [1.807, 2.05) is 0 Å². The van der Waals surface area contributed by atoms with Gasteiger partial charge in [-0.1, -0.05) is 11.6 Å². The van der Waals surface area contributed by atoms with E-state index >= 15 is 0 Å². The number of halogens is 2. The van der Waals surface area contributed by atoms with E-state index in [-0.39, 0.29) is 11.6 Å². The lowest BCUT2D eigenvalue weighted by atomic mass is 10.2. The molecule has 0 radical (unpaired) electrons. The second-order valence-electron chi connectivity index (χ2n) is 3.78. The molecule has 0 fully saturated rings. The fourth-order valence-corrected chi connectivity index (χ4v) is 2.87. The lowest BCUT2D eigenvalue weighted by Gasteiger charge is -2.09. The number of rotatable bonds is 6. The van der Waals surface area contributed by atoms with Crippen molar-refractivity contribution in [2.75, 3.05) is 6.54 Å². The van der Waals surface area contributed by atoms with E-state index in [1.165, 1.54) is 0 Å². The molecule has 1 aromatic carbocycles. The highest BCUT2D eigenvalue weighted by Crippen LogP contribution is 2.23. The van der Waals surface area contributed by atoms with Gasteiger partial charge < -0.3 is 5.11 Å². The summed E-state index contributed by atoms with van der Waals surface area (Å²) < 4.78 is 39.8. The minimum Gasteiger partial charge on any atom is -0.478 e. The third-order valence-corrected chi connectivity index (χ3v) is 3.99. The van der Waals surface area contributed by atoms with Crippen LogP contribution < -0.4 is 4.72 Å². The third kappa shape index (κ3) is 3.93. The second kappa shape index (κ2) is 6.70. The van der Waals surface area contributed by atoms with Crippen LogP contribution in [0.5, 0.6) is 0 Å². The number of hydrogen-bond donors (Lipinski definition) is 2. The first-order valence-corrected chi connectivity index (χ1v) is 7.31. The Kier molecular flexibility index (Phi) is 5.51. The molecule has 0 aromatic heterocycles. The Labute approximate surface area is 120 Å². The summed E-state index contributed by atoms with van der Waals surface area (Å²) >= 11 is 5.61.